The summed E-state index contributed by atoms with van der Waals surface area (Å²) in [5.41, 5.74) is -0.792. The minimum atomic E-state index is -0.792. The second-order valence-electron chi connectivity index (χ2n) is 5.69. The summed E-state index contributed by atoms with van der Waals surface area (Å²) in [5.74, 6) is -0.127. The van der Waals surface area contributed by atoms with Crippen LogP contribution < -0.4 is 5.32 Å². The quantitative estimate of drug-likeness (QED) is 0.568. The average Bonchev–Trinajstić information content (AvgIpc) is 2.32. The Labute approximate surface area is 117 Å². The second-order valence-corrected chi connectivity index (χ2v) is 5.69. The number of ether oxygens (including phenoxy) is 1. The molecule has 0 aromatic heterocycles. The number of carboxylic acids is 1. The summed E-state index contributed by atoms with van der Waals surface area (Å²) in [4.78, 5) is 11.4. The normalized spacial score (nSPS) is 16.3. The molecule has 2 atom stereocenters. The van der Waals surface area contributed by atoms with Gasteiger partial charge in [0.05, 0.1) is 6.10 Å². The molecule has 0 rings (SSSR count). The zero-order valence-electron chi connectivity index (χ0n) is 13.2. The number of carboxylic acid groups (broad SMARTS) is 1. The van der Waals surface area contributed by atoms with Crippen molar-refractivity contribution < 1.29 is 14.6 Å². The summed E-state index contributed by atoms with van der Waals surface area (Å²) < 4.78 is 5.73. The highest BCUT2D eigenvalue weighted by atomic mass is 16.5. The van der Waals surface area contributed by atoms with Gasteiger partial charge in [-0.2, -0.15) is 0 Å². The SMILES string of the molecule is CCNC(CC)(CCCOC(C)CC(C)C)C(=O)O. The molecule has 0 heterocycles. The molecule has 2 unspecified atom stereocenters. The van der Waals surface area contributed by atoms with Crippen molar-refractivity contribution in [1.29, 1.82) is 0 Å². The third-order valence-corrected chi connectivity index (χ3v) is 3.48. The van der Waals surface area contributed by atoms with Crippen LogP contribution in [0.1, 0.15) is 60.3 Å². The zero-order chi connectivity index (χ0) is 14.9. The first-order valence-electron chi connectivity index (χ1n) is 7.48. The zero-order valence-corrected chi connectivity index (χ0v) is 13.2. The van der Waals surface area contributed by atoms with Gasteiger partial charge in [-0.1, -0.05) is 27.7 Å². The Balaban J connectivity index is 4.10. The number of carbonyl (C=O) groups is 1. The predicted octanol–water partition coefficient (Wildman–Crippen LogP) is 3.06. The number of nitrogens with one attached hydrogen (secondary N) is 1. The van der Waals surface area contributed by atoms with Crippen LogP contribution in [0, 0.1) is 5.92 Å². The smallest absolute Gasteiger partial charge is 0.323 e. The van der Waals surface area contributed by atoms with Gasteiger partial charge in [0.15, 0.2) is 0 Å². The van der Waals surface area contributed by atoms with E-state index >= 15 is 0 Å². The van der Waals surface area contributed by atoms with Crippen LogP contribution in [0.25, 0.3) is 0 Å². The Morgan fingerprint density at radius 1 is 1.32 bits per heavy atom. The first-order chi connectivity index (χ1) is 8.88. The molecule has 0 saturated carbocycles. The van der Waals surface area contributed by atoms with Crippen LogP contribution in [-0.4, -0.2) is 35.9 Å². The first kappa shape index (κ1) is 18.4. The van der Waals surface area contributed by atoms with E-state index in [1.807, 2.05) is 13.8 Å². The van der Waals surface area contributed by atoms with Crippen molar-refractivity contribution in [1.82, 2.24) is 5.32 Å². The van der Waals surface area contributed by atoms with Crippen molar-refractivity contribution in [3.63, 3.8) is 0 Å². The van der Waals surface area contributed by atoms with E-state index in [1.165, 1.54) is 0 Å². The number of likely N-dealkylation sites (N-methyl/N-ethyl adjacent to an activating group) is 1. The fourth-order valence-electron chi connectivity index (χ4n) is 2.45. The van der Waals surface area contributed by atoms with E-state index in [4.69, 9.17) is 4.74 Å². The van der Waals surface area contributed by atoms with Crippen molar-refractivity contribution in [2.45, 2.75) is 71.9 Å². The van der Waals surface area contributed by atoms with Crippen LogP contribution in [0.5, 0.6) is 0 Å². The lowest BCUT2D eigenvalue weighted by atomic mass is 9.90. The van der Waals surface area contributed by atoms with Crippen molar-refractivity contribution >= 4 is 5.97 Å². The van der Waals surface area contributed by atoms with Gasteiger partial charge in [-0.05, 0) is 45.1 Å². The highest BCUT2D eigenvalue weighted by Crippen LogP contribution is 2.18. The van der Waals surface area contributed by atoms with E-state index < -0.39 is 11.5 Å². The fourth-order valence-corrected chi connectivity index (χ4v) is 2.45. The van der Waals surface area contributed by atoms with Crippen LogP contribution in [0.3, 0.4) is 0 Å². The van der Waals surface area contributed by atoms with Crippen LogP contribution in [0.2, 0.25) is 0 Å². The largest absolute Gasteiger partial charge is 0.480 e. The Kier molecular flexibility index (Phi) is 9.02. The van der Waals surface area contributed by atoms with Crippen molar-refractivity contribution in [3.05, 3.63) is 0 Å². The topological polar surface area (TPSA) is 58.6 Å². The van der Waals surface area contributed by atoms with Crippen molar-refractivity contribution in [3.8, 4) is 0 Å². The molecule has 0 fully saturated rings. The van der Waals surface area contributed by atoms with E-state index in [0.717, 1.165) is 12.8 Å². The molecular weight excluding hydrogens is 242 g/mol. The molecule has 0 bridgehead atoms. The lowest BCUT2D eigenvalue weighted by Crippen LogP contribution is -2.51. The fraction of sp³-hybridized carbons (Fsp3) is 0.933. The van der Waals surface area contributed by atoms with E-state index in [1.54, 1.807) is 0 Å². The van der Waals surface area contributed by atoms with E-state index in [-0.39, 0.29) is 6.10 Å². The maximum atomic E-state index is 11.4. The monoisotopic (exact) mass is 273 g/mol. The highest BCUT2D eigenvalue weighted by molar-refractivity contribution is 5.78. The molecule has 0 aliphatic heterocycles. The second kappa shape index (κ2) is 9.32. The lowest BCUT2D eigenvalue weighted by Gasteiger charge is -2.29. The molecule has 0 radical (unpaired) electrons. The molecule has 0 aromatic rings. The molecule has 2 N–H and O–H groups in total. The van der Waals surface area contributed by atoms with Gasteiger partial charge in [-0.25, -0.2) is 0 Å². The molecule has 0 amide bonds. The molecule has 4 heteroatoms. The van der Waals surface area contributed by atoms with E-state index in [9.17, 15) is 9.90 Å². The lowest BCUT2D eigenvalue weighted by molar-refractivity contribution is -0.145. The van der Waals surface area contributed by atoms with E-state index in [0.29, 0.717) is 31.9 Å². The van der Waals surface area contributed by atoms with Gasteiger partial charge in [-0.15, -0.1) is 0 Å². The summed E-state index contributed by atoms with van der Waals surface area (Å²) in [6, 6.07) is 0. The highest BCUT2D eigenvalue weighted by Gasteiger charge is 2.34. The van der Waals surface area contributed by atoms with Crippen molar-refractivity contribution in [2.75, 3.05) is 13.2 Å². The molecular formula is C15H31NO3. The van der Waals surface area contributed by atoms with Gasteiger partial charge in [0, 0.05) is 6.61 Å². The van der Waals surface area contributed by atoms with Crippen LogP contribution in [0.15, 0.2) is 0 Å². The van der Waals surface area contributed by atoms with Gasteiger partial charge < -0.3 is 15.2 Å². The molecule has 114 valence electrons. The standard InChI is InChI=1S/C15H31NO3/c1-6-15(14(17)18,16-7-2)9-8-10-19-13(5)11-12(3)4/h12-13,16H,6-11H2,1-5H3,(H,17,18). The molecule has 0 saturated heterocycles. The summed E-state index contributed by atoms with van der Waals surface area (Å²) in [6.07, 6.45) is 3.28. The first-order valence-corrected chi connectivity index (χ1v) is 7.48. The Morgan fingerprint density at radius 3 is 2.37 bits per heavy atom. The number of aliphatic carboxylic acids is 1. The molecule has 0 aliphatic rings. The number of hydrogen-bond donors (Lipinski definition) is 2. The van der Waals surface area contributed by atoms with Gasteiger partial charge in [0.25, 0.3) is 0 Å². The van der Waals surface area contributed by atoms with Gasteiger partial charge in [0.2, 0.25) is 0 Å². The molecule has 0 spiro atoms. The Bertz CT molecular complexity index is 256. The molecule has 0 aromatic carbocycles. The number of rotatable bonds is 11. The summed E-state index contributed by atoms with van der Waals surface area (Å²) >= 11 is 0. The van der Waals surface area contributed by atoms with Crippen LogP contribution >= 0.6 is 0 Å². The Morgan fingerprint density at radius 2 is 1.95 bits per heavy atom. The van der Waals surface area contributed by atoms with Gasteiger partial charge in [-0.3, -0.25) is 4.79 Å². The molecule has 0 aliphatic carbocycles. The van der Waals surface area contributed by atoms with Crippen molar-refractivity contribution in [2.24, 2.45) is 5.92 Å². The Hall–Kier alpha value is -0.610. The van der Waals surface area contributed by atoms with E-state index in [2.05, 4.69) is 26.1 Å². The third kappa shape index (κ3) is 6.92. The van der Waals surface area contributed by atoms with Gasteiger partial charge >= 0.3 is 5.97 Å². The maximum Gasteiger partial charge on any atom is 0.323 e. The third-order valence-electron chi connectivity index (χ3n) is 3.48. The van der Waals surface area contributed by atoms with Crippen LogP contribution in [-0.2, 0) is 9.53 Å². The van der Waals surface area contributed by atoms with Gasteiger partial charge in [0.1, 0.15) is 5.54 Å². The summed E-state index contributed by atoms with van der Waals surface area (Å²) in [5, 5.41) is 12.5. The predicted molar refractivity (Wildman–Crippen MR) is 78.4 cm³/mol. The number of hydrogen-bond acceptors (Lipinski definition) is 3. The minimum Gasteiger partial charge on any atom is -0.480 e. The molecule has 19 heavy (non-hydrogen) atoms. The summed E-state index contributed by atoms with van der Waals surface area (Å²) in [7, 11) is 0. The molecule has 4 nitrogen and oxygen atoms in total. The summed E-state index contributed by atoms with van der Waals surface area (Å²) in [6.45, 7) is 11.6. The van der Waals surface area contributed by atoms with Crippen LogP contribution in [0.4, 0.5) is 0 Å². The maximum absolute atomic E-state index is 11.4. The minimum absolute atomic E-state index is 0.250. The average molecular weight is 273 g/mol.